The molecule has 0 saturated heterocycles. The van der Waals surface area contributed by atoms with E-state index >= 15 is 0 Å². The highest BCUT2D eigenvalue weighted by atomic mass is 15.1. The quantitative estimate of drug-likeness (QED) is 0.151. The molecule has 5 aromatic rings. The highest BCUT2D eigenvalue weighted by Gasteiger charge is 2.17. The van der Waals surface area contributed by atoms with E-state index in [1.807, 2.05) is 0 Å². The van der Waals surface area contributed by atoms with Crippen molar-refractivity contribution in [3.8, 4) is 0 Å². The molecule has 0 saturated carbocycles. The maximum Gasteiger partial charge on any atom is 0.0522 e. The van der Waals surface area contributed by atoms with Crippen LogP contribution < -0.4 is 4.90 Å². The number of hydrogen-bond donors (Lipinski definition) is 0. The van der Waals surface area contributed by atoms with Crippen LogP contribution in [-0.2, 0) is 6.42 Å². The van der Waals surface area contributed by atoms with Crippen molar-refractivity contribution in [3.63, 3.8) is 0 Å². The van der Waals surface area contributed by atoms with Crippen LogP contribution in [0.5, 0.6) is 0 Å². The Hall–Kier alpha value is -5.14. The number of aryl methyl sites for hydroxylation is 4. The molecule has 0 spiro atoms. The van der Waals surface area contributed by atoms with Gasteiger partial charge in [-0.05, 0) is 84.8 Å². The zero-order valence-electron chi connectivity index (χ0n) is 26.2. The maximum absolute atomic E-state index is 2.39. The van der Waals surface area contributed by atoms with E-state index in [9.17, 15) is 0 Å². The van der Waals surface area contributed by atoms with Gasteiger partial charge in [0, 0.05) is 11.4 Å². The molecule has 0 radical (unpaired) electrons. The van der Waals surface area contributed by atoms with Crippen LogP contribution >= 0.6 is 0 Å². The first-order chi connectivity index (χ1) is 21.5. The second-order valence-corrected chi connectivity index (χ2v) is 11.2. The molecule has 0 aliphatic carbocycles. The van der Waals surface area contributed by atoms with Crippen molar-refractivity contribution in [1.29, 1.82) is 0 Å². The van der Waals surface area contributed by atoms with Crippen molar-refractivity contribution in [2.24, 2.45) is 0 Å². The van der Waals surface area contributed by atoms with Gasteiger partial charge < -0.3 is 4.90 Å². The molecule has 1 nitrogen and oxygen atoms in total. The Morgan fingerprint density at radius 1 is 0.455 bits per heavy atom. The Balaban J connectivity index is 1.37. The third-order valence-corrected chi connectivity index (χ3v) is 7.76. The molecule has 0 N–H and O–H groups in total. The summed E-state index contributed by atoms with van der Waals surface area (Å²) in [6.45, 7) is 8.66. The Morgan fingerprint density at radius 3 is 1.18 bits per heavy atom. The zero-order chi connectivity index (χ0) is 30.7. The monoisotopic (exact) mass is 571 g/mol. The molecule has 5 rings (SSSR count). The molecule has 44 heavy (non-hydrogen) atoms. The van der Waals surface area contributed by atoms with Crippen LogP contribution in [0, 0.1) is 20.8 Å². The van der Waals surface area contributed by atoms with Gasteiger partial charge in [0.15, 0.2) is 0 Å². The summed E-state index contributed by atoms with van der Waals surface area (Å²) in [7, 11) is 0. The summed E-state index contributed by atoms with van der Waals surface area (Å²) < 4.78 is 0. The zero-order valence-corrected chi connectivity index (χ0v) is 26.2. The number of nitrogens with zero attached hydrogens (tertiary/aromatic N) is 1. The second kappa shape index (κ2) is 14.8. The minimum atomic E-state index is 0.968. The summed E-state index contributed by atoms with van der Waals surface area (Å²) in [6.07, 6.45) is 17.9. The lowest BCUT2D eigenvalue weighted by atomic mass is 10.0. The van der Waals surface area contributed by atoms with E-state index in [0.29, 0.717) is 0 Å². The number of rotatable bonds is 10. The Kier molecular flexibility index (Phi) is 10.2. The van der Waals surface area contributed by atoms with Gasteiger partial charge >= 0.3 is 0 Å². The number of hydrogen-bond acceptors (Lipinski definition) is 1. The third kappa shape index (κ3) is 8.02. The van der Waals surface area contributed by atoms with Gasteiger partial charge in [-0.2, -0.15) is 0 Å². The molecule has 0 heterocycles. The average Bonchev–Trinajstić information content (AvgIpc) is 3.05. The van der Waals surface area contributed by atoms with Gasteiger partial charge in [0.2, 0.25) is 0 Å². The van der Waals surface area contributed by atoms with Gasteiger partial charge in [0.1, 0.15) is 0 Å². The van der Waals surface area contributed by atoms with Gasteiger partial charge in [-0.15, -0.1) is 0 Å². The number of para-hydroxylation sites is 1. The van der Waals surface area contributed by atoms with Gasteiger partial charge in [-0.1, -0.05) is 158 Å². The lowest BCUT2D eigenvalue weighted by Crippen LogP contribution is -2.13. The molecular weight excluding hydrogens is 530 g/mol. The topological polar surface area (TPSA) is 3.24 Å². The average molecular weight is 572 g/mol. The molecule has 0 aromatic heterocycles. The first-order valence-corrected chi connectivity index (χ1v) is 15.4. The van der Waals surface area contributed by atoms with Crippen LogP contribution in [0.4, 0.5) is 17.1 Å². The molecule has 0 fully saturated rings. The Bertz CT molecular complexity index is 1650. The molecule has 218 valence electrons. The number of anilines is 3. The Labute approximate surface area is 263 Å². The summed E-state index contributed by atoms with van der Waals surface area (Å²) in [5.41, 5.74) is 13.4. The molecule has 0 bridgehead atoms. The maximum atomic E-state index is 2.39. The lowest BCUT2D eigenvalue weighted by molar-refractivity contribution is 1.10. The number of benzene rings is 5. The minimum Gasteiger partial charge on any atom is -0.310 e. The predicted octanol–water partition coefficient (Wildman–Crippen LogP) is 12.1. The van der Waals surface area contributed by atoms with Crippen LogP contribution in [0.25, 0.3) is 24.3 Å². The minimum absolute atomic E-state index is 0.968. The van der Waals surface area contributed by atoms with Crippen molar-refractivity contribution < 1.29 is 0 Å². The van der Waals surface area contributed by atoms with Gasteiger partial charge in [-0.3, -0.25) is 0 Å². The first-order valence-electron chi connectivity index (χ1n) is 15.4. The van der Waals surface area contributed by atoms with E-state index in [1.54, 1.807) is 0 Å². The van der Waals surface area contributed by atoms with Crippen molar-refractivity contribution in [3.05, 3.63) is 184 Å². The fraction of sp³-hybridized carbons (Fsp3) is 0.116. The van der Waals surface area contributed by atoms with Crippen molar-refractivity contribution in [1.82, 2.24) is 0 Å². The summed E-state index contributed by atoms with van der Waals surface area (Å²) >= 11 is 0. The molecule has 0 atom stereocenters. The van der Waals surface area contributed by atoms with E-state index in [2.05, 4.69) is 196 Å². The van der Waals surface area contributed by atoms with Crippen molar-refractivity contribution in [2.45, 2.75) is 34.1 Å². The van der Waals surface area contributed by atoms with Crippen LogP contribution in [0.3, 0.4) is 0 Å². The smallest absolute Gasteiger partial charge is 0.0522 e. The summed E-state index contributed by atoms with van der Waals surface area (Å²) in [4.78, 5) is 2.39. The van der Waals surface area contributed by atoms with E-state index in [-0.39, 0.29) is 0 Å². The van der Waals surface area contributed by atoms with Gasteiger partial charge in [0.25, 0.3) is 0 Å². The molecule has 0 unspecified atom stereocenters. The van der Waals surface area contributed by atoms with Crippen molar-refractivity contribution >= 4 is 41.4 Å². The SMILES string of the molecule is CCc1cccc(C)c1N(c1ccc(/C=C/C=C/c2ccc(C)cc2)cc1)c1ccc(/C=C/C=C/c2ccc(C)cc2)cc1. The molecule has 0 aliphatic rings. The second-order valence-electron chi connectivity index (χ2n) is 11.2. The van der Waals surface area contributed by atoms with Crippen LogP contribution in [0.2, 0.25) is 0 Å². The van der Waals surface area contributed by atoms with E-state index in [1.165, 1.54) is 50.2 Å². The third-order valence-electron chi connectivity index (χ3n) is 7.76. The lowest BCUT2D eigenvalue weighted by Gasteiger charge is -2.29. The number of allylic oxidation sites excluding steroid dienone is 4. The fourth-order valence-electron chi connectivity index (χ4n) is 5.22. The normalized spacial score (nSPS) is 11.8. The largest absolute Gasteiger partial charge is 0.310 e. The van der Waals surface area contributed by atoms with Crippen LogP contribution in [0.1, 0.15) is 51.4 Å². The summed E-state index contributed by atoms with van der Waals surface area (Å²) in [5, 5.41) is 0. The standard InChI is InChI=1S/C43H41N/c1-5-40-16-10-11-35(4)43(40)44(41-29-25-38(26-30-41)14-8-6-12-36-21-17-33(2)18-22-36)42-31-27-39(28-32-42)15-9-7-13-37-23-19-34(3)20-24-37/h6-32H,5H2,1-4H3/b12-6+,13-7+,14-8+,15-9+. The molecule has 0 amide bonds. The highest BCUT2D eigenvalue weighted by molar-refractivity contribution is 5.81. The first kappa shape index (κ1) is 30.3. The Morgan fingerprint density at radius 2 is 0.818 bits per heavy atom. The van der Waals surface area contributed by atoms with E-state index < -0.39 is 0 Å². The predicted molar refractivity (Wildman–Crippen MR) is 194 cm³/mol. The molecule has 0 aliphatic heterocycles. The van der Waals surface area contributed by atoms with E-state index in [4.69, 9.17) is 0 Å². The summed E-state index contributed by atoms with van der Waals surface area (Å²) in [6, 6.07) is 41.4. The molecular formula is C43H41N. The molecule has 1 heteroatoms. The highest BCUT2D eigenvalue weighted by Crippen LogP contribution is 2.39. The van der Waals surface area contributed by atoms with Crippen LogP contribution in [0.15, 0.2) is 140 Å². The molecule has 5 aromatic carbocycles. The van der Waals surface area contributed by atoms with Gasteiger partial charge in [0.05, 0.1) is 5.69 Å². The fourth-order valence-corrected chi connectivity index (χ4v) is 5.22. The van der Waals surface area contributed by atoms with Crippen molar-refractivity contribution in [2.75, 3.05) is 4.90 Å². The van der Waals surface area contributed by atoms with E-state index in [0.717, 1.165) is 17.8 Å². The summed E-state index contributed by atoms with van der Waals surface area (Å²) in [5.74, 6) is 0. The van der Waals surface area contributed by atoms with Crippen LogP contribution in [-0.4, -0.2) is 0 Å². The van der Waals surface area contributed by atoms with Gasteiger partial charge in [-0.25, -0.2) is 0 Å².